The van der Waals surface area contributed by atoms with Crippen LogP contribution in [0.2, 0.25) is 0 Å². The molecule has 1 N–H and O–H groups in total. The Morgan fingerprint density at radius 3 is 2.50 bits per heavy atom. The van der Waals surface area contributed by atoms with E-state index >= 15 is 0 Å². The van der Waals surface area contributed by atoms with Crippen LogP contribution in [0.3, 0.4) is 0 Å². The average molecular weight is 192 g/mol. The summed E-state index contributed by atoms with van der Waals surface area (Å²) in [7, 11) is 0. The molecule has 1 aromatic rings. The van der Waals surface area contributed by atoms with E-state index in [-0.39, 0.29) is 0 Å². The number of aryl methyl sites for hydroxylation is 1. The highest BCUT2D eigenvalue weighted by Gasteiger charge is 2.08. The molecule has 78 valence electrons. The van der Waals surface area contributed by atoms with Crippen LogP contribution in [0.5, 0.6) is 0 Å². The Morgan fingerprint density at radius 1 is 1.29 bits per heavy atom. The highest BCUT2D eigenvalue weighted by Crippen LogP contribution is 2.18. The van der Waals surface area contributed by atoms with Gasteiger partial charge >= 0.3 is 0 Å². The summed E-state index contributed by atoms with van der Waals surface area (Å²) in [6.07, 6.45) is 3.04. The molecule has 1 heterocycles. The lowest BCUT2D eigenvalue weighted by atomic mass is 9.92. The number of rotatable bonds is 3. The van der Waals surface area contributed by atoms with Crippen molar-refractivity contribution >= 4 is 5.82 Å². The standard InChI is InChI=1S/C12H20N2/c1-10-5-6-11(14-9-10)13-8-7-12(2,3)4/h5-6,9H,7-8H2,1-4H3,(H,13,14). The van der Waals surface area contributed by atoms with Crippen LogP contribution in [-0.4, -0.2) is 11.5 Å². The molecule has 2 heteroatoms. The molecule has 0 aliphatic heterocycles. The Hall–Kier alpha value is -1.05. The van der Waals surface area contributed by atoms with Crippen LogP contribution in [0.1, 0.15) is 32.8 Å². The van der Waals surface area contributed by atoms with E-state index in [1.165, 1.54) is 5.56 Å². The lowest BCUT2D eigenvalue weighted by Crippen LogP contribution is -2.13. The Labute approximate surface area is 86.8 Å². The third-order valence-corrected chi connectivity index (χ3v) is 2.09. The monoisotopic (exact) mass is 192 g/mol. The fraction of sp³-hybridized carbons (Fsp3) is 0.583. The van der Waals surface area contributed by atoms with Crippen molar-refractivity contribution in [3.8, 4) is 0 Å². The molecule has 2 nitrogen and oxygen atoms in total. The molecule has 0 saturated carbocycles. The van der Waals surface area contributed by atoms with Gasteiger partial charge in [0.25, 0.3) is 0 Å². The van der Waals surface area contributed by atoms with E-state index in [1.807, 2.05) is 19.2 Å². The maximum atomic E-state index is 4.29. The van der Waals surface area contributed by atoms with Gasteiger partial charge in [0.05, 0.1) is 0 Å². The van der Waals surface area contributed by atoms with Crippen LogP contribution in [-0.2, 0) is 0 Å². The van der Waals surface area contributed by atoms with Gasteiger partial charge in [0.15, 0.2) is 0 Å². The normalized spacial score (nSPS) is 11.4. The van der Waals surface area contributed by atoms with Crippen molar-refractivity contribution in [2.75, 3.05) is 11.9 Å². The van der Waals surface area contributed by atoms with E-state index in [9.17, 15) is 0 Å². The molecule has 0 spiro atoms. The topological polar surface area (TPSA) is 24.9 Å². The molecule has 0 amide bonds. The van der Waals surface area contributed by atoms with E-state index in [4.69, 9.17) is 0 Å². The molecule has 0 unspecified atom stereocenters. The predicted molar refractivity (Wildman–Crippen MR) is 61.5 cm³/mol. The molecule has 0 atom stereocenters. The minimum Gasteiger partial charge on any atom is -0.370 e. The molecule has 14 heavy (non-hydrogen) atoms. The zero-order valence-corrected chi connectivity index (χ0v) is 9.59. The molecule has 0 aliphatic carbocycles. The molecule has 0 aliphatic rings. The Kier molecular flexibility index (Phi) is 3.50. The quantitative estimate of drug-likeness (QED) is 0.795. The van der Waals surface area contributed by atoms with Crippen molar-refractivity contribution in [2.45, 2.75) is 34.1 Å². The summed E-state index contributed by atoms with van der Waals surface area (Å²) in [5.41, 5.74) is 1.59. The van der Waals surface area contributed by atoms with Crippen molar-refractivity contribution in [1.82, 2.24) is 4.98 Å². The number of hydrogen-bond acceptors (Lipinski definition) is 2. The van der Waals surface area contributed by atoms with Crippen molar-refractivity contribution in [1.29, 1.82) is 0 Å². The van der Waals surface area contributed by atoms with Crippen LogP contribution < -0.4 is 5.32 Å². The minimum absolute atomic E-state index is 0.387. The Balaban J connectivity index is 2.35. The second-order valence-electron chi connectivity index (χ2n) is 4.96. The van der Waals surface area contributed by atoms with Gasteiger partial charge in [-0.1, -0.05) is 26.8 Å². The smallest absolute Gasteiger partial charge is 0.125 e. The van der Waals surface area contributed by atoms with Gasteiger partial charge in [-0.15, -0.1) is 0 Å². The highest BCUT2D eigenvalue weighted by atomic mass is 15.0. The third kappa shape index (κ3) is 4.26. The molecule has 0 saturated heterocycles. The summed E-state index contributed by atoms with van der Waals surface area (Å²) < 4.78 is 0. The van der Waals surface area contributed by atoms with Crippen LogP contribution in [0.4, 0.5) is 5.82 Å². The first kappa shape index (κ1) is 11.0. The van der Waals surface area contributed by atoms with Gasteiger partial charge in [-0.05, 0) is 30.4 Å². The SMILES string of the molecule is Cc1ccc(NCCC(C)(C)C)nc1. The fourth-order valence-corrected chi connectivity index (χ4v) is 1.14. The maximum Gasteiger partial charge on any atom is 0.125 e. The molecule has 0 radical (unpaired) electrons. The zero-order valence-electron chi connectivity index (χ0n) is 9.59. The predicted octanol–water partition coefficient (Wildman–Crippen LogP) is 3.24. The average Bonchev–Trinajstić information content (AvgIpc) is 2.06. The van der Waals surface area contributed by atoms with Crippen molar-refractivity contribution < 1.29 is 0 Å². The largest absolute Gasteiger partial charge is 0.370 e. The van der Waals surface area contributed by atoms with Crippen LogP contribution >= 0.6 is 0 Å². The van der Waals surface area contributed by atoms with Crippen LogP contribution in [0.15, 0.2) is 18.3 Å². The maximum absolute atomic E-state index is 4.29. The lowest BCUT2D eigenvalue weighted by Gasteiger charge is -2.18. The fourth-order valence-electron chi connectivity index (χ4n) is 1.14. The van der Waals surface area contributed by atoms with E-state index in [0.29, 0.717) is 5.41 Å². The molecule has 0 bridgehead atoms. The summed E-state index contributed by atoms with van der Waals surface area (Å²) in [5, 5.41) is 3.32. The van der Waals surface area contributed by atoms with E-state index < -0.39 is 0 Å². The summed E-state index contributed by atoms with van der Waals surface area (Å²) in [5.74, 6) is 0.972. The number of nitrogens with zero attached hydrogens (tertiary/aromatic N) is 1. The van der Waals surface area contributed by atoms with Gasteiger partial charge in [0.2, 0.25) is 0 Å². The third-order valence-electron chi connectivity index (χ3n) is 2.09. The van der Waals surface area contributed by atoms with Gasteiger partial charge in [-0.3, -0.25) is 0 Å². The second kappa shape index (κ2) is 4.45. The van der Waals surface area contributed by atoms with E-state index in [0.717, 1.165) is 18.8 Å². The first-order chi connectivity index (χ1) is 6.47. The first-order valence-corrected chi connectivity index (χ1v) is 5.14. The number of pyridine rings is 1. The van der Waals surface area contributed by atoms with Crippen LogP contribution in [0, 0.1) is 12.3 Å². The summed E-state index contributed by atoms with van der Waals surface area (Å²) in [6, 6.07) is 4.10. The highest BCUT2D eigenvalue weighted by molar-refractivity contribution is 5.34. The molecular formula is C12H20N2. The summed E-state index contributed by atoms with van der Waals surface area (Å²) in [6.45, 7) is 9.78. The lowest BCUT2D eigenvalue weighted by molar-refractivity contribution is 0.389. The van der Waals surface area contributed by atoms with Gasteiger partial charge in [0.1, 0.15) is 5.82 Å². The zero-order chi connectivity index (χ0) is 10.6. The van der Waals surface area contributed by atoms with Crippen molar-refractivity contribution in [3.63, 3.8) is 0 Å². The van der Waals surface area contributed by atoms with Gasteiger partial charge < -0.3 is 5.32 Å². The minimum atomic E-state index is 0.387. The van der Waals surface area contributed by atoms with Gasteiger partial charge in [-0.2, -0.15) is 0 Å². The van der Waals surface area contributed by atoms with Crippen LogP contribution in [0.25, 0.3) is 0 Å². The Bertz CT molecular complexity index is 269. The van der Waals surface area contributed by atoms with E-state index in [1.54, 1.807) is 0 Å². The number of anilines is 1. The first-order valence-electron chi connectivity index (χ1n) is 5.14. The van der Waals surface area contributed by atoms with Crippen molar-refractivity contribution in [2.24, 2.45) is 5.41 Å². The number of nitrogens with one attached hydrogen (secondary N) is 1. The van der Waals surface area contributed by atoms with Gasteiger partial charge in [0, 0.05) is 12.7 Å². The second-order valence-corrected chi connectivity index (χ2v) is 4.96. The van der Waals surface area contributed by atoms with E-state index in [2.05, 4.69) is 37.1 Å². The molecule has 0 fully saturated rings. The number of hydrogen-bond donors (Lipinski definition) is 1. The van der Waals surface area contributed by atoms with Gasteiger partial charge in [-0.25, -0.2) is 4.98 Å². The number of aromatic nitrogens is 1. The molecule has 0 aromatic carbocycles. The molecule has 1 rings (SSSR count). The summed E-state index contributed by atoms with van der Waals surface area (Å²) >= 11 is 0. The summed E-state index contributed by atoms with van der Waals surface area (Å²) in [4.78, 5) is 4.29. The van der Waals surface area contributed by atoms with Crippen molar-refractivity contribution in [3.05, 3.63) is 23.9 Å². The Morgan fingerprint density at radius 2 is 2.00 bits per heavy atom. The molecule has 1 aromatic heterocycles. The molecular weight excluding hydrogens is 172 g/mol.